The van der Waals surface area contributed by atoms with Crippen molar-refractivity contribution in [3.63, 3.8) is 0 Å². The molecule has 0 spiro atoms. The highest BCUT2D eigenvalue weighted by Crippen LogP contribution is 2.33. The first kappa shape index (κ1) is 22.7. The predicted octanol–water partition coefficient (Wildman–Crippen LogP) is 3.44. The standard InChI is InChI=1S/C22H41N5O/c1-8-18-17(19(9-2)27(7)26-18)15-25-21(23-10-3)24-14-16-12-11-13-28-20(16)22(4,5)6/h16,20H,8-15H2,1-7H3,(H2,23,24,25). The normalized spacial score (nSPS) is 21.0. The van der Waals surface area contributed by atoms with Gasteiger partial charge < -0.3 is 15.4 Å². The van der Waals surface area contributed by atoms with Crippen LogP contribution in [0.3, 0.4) is 0 Å². The van der Waals surface area contributed by atoms with Gasteiger partial charge in [0.1, 0.15) is 0 Å². The molecule has 6 heteroatoms. The minimum atomic E-state index is 0.157. The van der Waals surface area contributed by atoms with Crippen molar-refractivity contribution in [2.45, 2.75) is 79.9 Å². The molecule has 1 aliphatic rings. The van der Waals surface area contributed by atoms with Gasteiger partial charge in [0.05, 0.1) is 18.3 Å². The van der Waals surface area contributed by atoms with Gasteiger partial charge in [-0.05, 0) is 38.0 Å². The maximum absolute atomic E-state index is 6.13. The summed E-state index contributed by atoms with van der Waals surface area (Å²) in [5, 5.41) is 11.6. The Morgan fingerprint density at radius 2 is 1.96 bits per heavy atom. The molecule has 6 nitrogen and oxygen atoms in total. The highest BCUT2D eigenvalue weighted by molar-refractivity contribution is 5.79. The van der Waals surface area contributed by atoms with E-state index in [9.17, 15) is 0 Å². The molecular formula is C22H41N5O. The molecule has 1 aromatic rings. The maximum atomic E-state index is 6.13. The Labute approximate surface area is 171 Å². The van der Waals surface area contributed by atoms with Crippen molar-refractivity contribution in [2.24, 2.45) is 23.4 Å². The number of ether oxygens (including phenoxy) is 1. The molecule has 0 amide bonds. The number of aliphatic imine (C=N–C) groups is 1. The molecule has 28 heavy (non-hydrogen) atoms. The van der Waals surface area contributed by atoms with Crippen LogP contribution in [0.2, 0.25) is 0 Å². The van der Waals surface area contributed by atoms with E-state index in [1.807, 2.05) is 11.7 Å². The first-order valence-corrected chi connectivity index (χ1v) is 11.0. The van der Waals surface area contributed by atoms with E-state index in [0.29, 0.717) is 12.5 Å². The summed E-state index contributed by atoms with van der Waals surface area (Å²) in [5.41, 5.74) is 3.87. The number of guanidine groups is 1. The van der Waals surface area contributed by atoms with E-state index in [-0.39, 0.29) is 11.5 Å². The highest BCUT2D eigenvalue weighted by atomic mass is 16.5. The van der Waals surface area contributed by atoms with Crippen molar-refractivity contribution >= 4 is 5.96 Å². The molecule has 160 valence electrons. The summed E-state index contributed by atoms with van der Waals surface area (Å²) in [6.07, 6.45) is 4.55. The zero-order chi connectivity index (χ0) is 20.7. The van der Waals surface area contributed by atoms with Crippen LogP contribution in [0, 0.1) is 11.3 Å². The van der Waals surface area contributed by atoms with Gasteiger partial charge in [-0.2, -0.15) is 5.10 Å². The Morgan fingerprint density at radius 3 is 2.57 bits per heavy atom. The molecule has 1 aromatic heterocycles. The summed E-state index contributed by atoms with van der Waals surface area (Å²) < 4.78 is 8.14. The van der Waals surface area contributed by atoms with Gasteiger partial charge in [0.15, 0.2) is 5.96 Å². The second kappa shape index (κ2) is 10.3. The number of hydrogen-bond donors (Lipinski definition) is 2. The van der Waals surface area contributed by atoms with Crippen molar-refractivity contribution in [1.82, 2.24) is 20.4 Å². The molecule has 1 fully saturated rings. The minimum absolute atomic E-state index is 0.157. The number of aryl methyl sites for hydroxylation is 2. The monoisotopic (exact) mass is 391 g/mol. The van der Waals surface area contributed by atoms with Gasteiger partial charge in [-0.25, -0.2) is 4.99 Å². The molecule has 2 atom stereocenters. The topological polar surface area (TPSA) is 63.5 Å². The second-order valence-corrected chi connectivity index (χ2v) is 8.84. The quantitative estimate of drug-likeness (QED) is 0.552. The minimum Gasteiger partial charge on any atom is -0.377 e. The van der Waals surface area contributed by atoms with Crippen LogP contribution in [0.15, 0.2) is 4.99 Å². The van der Waals surface area contributed by atoms with E-state index in [4.69, 9.17) is 9.73 Å². The molecule has 0 radical (unpaired) electrons. The smallest absolute Gasteiger partial charge is 0.191 e. The van der Waals surface area contributed by atoms with E-state index >= 15 is 0 Å². The Balaban J connectivity index is 2.09. The van der Waals surface area contributed by atoms with Gasteiger partial charge in [0.2, 0.25) is 0 Å². The molecular weight excluding hydrogens is 350 g/mol. The summed E-state index contributed by atoms with van der Waals surface area (Å²) in [5.74, 6) is 1.39. The molecule has 0 aliphatic carbocycles. The molecule has 1 aliphatic heterocycles. The lowest BCUT2D eigenvalue weighted by molar-refractivity contribution is -0.0835. The van der Waals surface area contributed by atoms with Gasteiger partial charge in [-0.3, -0.25) is 4.68 Å². The van der Waals surface area contributed by atoms with Crippen LogP contribution in [0.5, 0.6) is 0 Å². The molecule has 2 rings (SSSR count). The van der Waals surface area contributed by atoms with E-state index in [0.717, 1.165) is 50.6 Å². The fourth-order valence-electron chi connectivity index (χ4n) is 4.31. The molecule has 2 unspecified atom stereocenters. The van der Waals surface area contributed by atoms with E-state index in [2.05, 4.69) is 57.3 Å². The average molecular weight is 392 g/mol. The third-order valence-corrected chi connectivity index (χ3v) is 5.60. The van der Waals surface area contributed by atoms with Crippen LogP contribution >= 0.6 is 0 Å². The van der Waals surface area contributed by atoms with Crippen molar-refractivity contribution in [2.75, 3.05) is 19.7 Å². The van der Waals surface area contributed by atoms with Crippen molar-refractivity contribution in [3.8, 4) is 0 Å². The molecule has 0 saturated carbocycles. The molecule has 0 bridgehead atoms. The fourth-order valence-corrected chi connectivity index (χ4v) is 4.31. The Hall–Kier alpha value is -1.56. The highest BCUT2D eigenvalue weighted by Gasteiger charge is 2.35. The van der Waals surface area contributed by atoms with Gasteiger partial charge in [-0.1, -0.05) is 34.6 Å². The molecule has 2 heterocycles. The molecule has 0 aromatic carbocycles. The van der Waals surface area contributed by atoms with Crippen molar-refractivity contribution in [1.29, 1.82) is 0 Å². The van der Waals surface area contributed by atoms with Gasteiger partial charge in [-0.15, -0.1) is 0 Å². The summed E-state index contributed by atoms with van der Waals surface area (Å²) in [6, 6.07) is 0. The lowest BCUT2D eigenvalue weighted by atomic mass is 9.78. The summed E-state index contributed by atoms with van der Waals surface area (Å²) >= 11 is 0. The molecule has 2 N–H and O–H groups in total. The third kappa shape index (κ3) is 5.72. The van der Waals surface area contributed by atoms with Crippen LogP contribution in [0.4, 0.5) is 0 Å². The van der Waals surface area contributed by atoms with Crippen molar-refractivity contribution < 1.29 is 4.74 Å². The SMILES string of the molecule is CCNC(=NCc1c(CC)nn(C)c1CC)NCC1CCCOC1C(C)(C)C. The van der Waals surface area contributed by atoms with Crippen LogP contribution < -0.4 is 10.6 Å². The summed E-state index contributed by atoms with van der Waals surface area (Å²) in [6.45, 7) is 16.6. The second-order valence-electron chi connectivity index (χ2n) is 8.84. The predicted molar refractivity (Wildman–Crippen MR) is 117 cm³/mol. The van der Waals surface area contributed by atoms with Gasteiger partial charge in [0, 0.05) is 43.9 Å². The Kier molecular flexibility index (Phi) is 8.35. The number of hydrogen-bond acceptors (Lipinski definition) is 3. The number of rotatable bonds is 7. The first-order chi connectivity index (χ1) is 13.3. The van der Waals surface area contributed by atoms with E-state index in [1.165, 1.54) is 17.7 Å². The Morgan fingerprint density at radius 1 is 1.21 bits per heavy atom. The zero-order valence-corrected chi connectivity index (χ0v) is 19.1. The van der Waals surface area contributed by atoms with Crippen LogP contribution in [-0.2, 0) is 31.2 Å². The number of nitrogens with zero attached hydrogens (tertiary/aromatic N) is 3. The fraction of sp³-hybridized carbons (Fsp3) is 0.818. The third-order valence-electron chi connectivity index (χ3n) is 5.60. The lowest BCUT2D eigenvalue weighted by Gasteiger charge is -2.40. The zero-order valence-electron chi connectivity index (χ0n) is 19.1. The largest absolute Gasteiger partial charge is 0.377 e. The lowest BCUT2D eigenvalue weighted by Crippen LogP contribution is -2.47. The van der Waals surface area contributed by atoms with Crippen LogP contribution in [-0.4, -0.2) is 41.5 Å². The van der Waals surface area contributed by atoms with Gasteiger partial charge >= 0.3 is 0 Å². The molecule has 1 saturated heterocycles. The van der Waals surface area contributed by atoms with Gasteiger partial charge in [0.25, 0.3) is 0 Å². The Bertz CT molecular complexity index is 644. The summed E-state index contributed by atoms with van der Waals surface area (Å²) in [4.78, 5) is 4.89. The van der Waals surface area contributed by atoms with Crippen molar-refractivity contribution in [3.05, 3.63) is 17.0 Å². The maximum Gasteiger partial charge on any atom is 0.191 e. The van der Waals surface area contributed by atoms with Crippen LogP contribution in [0.25, 0.3) is 0 Å². The van der Waals surface area contributed by atoms with E-state index < -0.39 is 0 Å². The average Bonchev–Trinajstić information content (AvgIpc) is 2.98. The number of nitrogens with one attached hydrogen (secondary N) is 2. The number of aromatic nitrogens is 2. The summed E-state index contributed by atoms with van der Waals surface area (Å²) in [7, 11) is 2.03. The first-order valence-electron chi connectivity index (χ1n) is 11.0. The van der Waals surface area contributed by atoms with E-state index in [1.54, 1.807) is 0 Å². The van der Waals surface area contributed by atoms with Crippen LogP contribution in [0.1, 0.15) is 71.3 Å².